The summed E-state index contributed by atoms with van der Waals surface area (Å²) >= 11 is 0. The first-order chi connectivity index (χ1) is 7.06. The average Bonchev–Trinajstić information content (AvgIpc) is 2.26. The third-order valence-electron chi connectivity index (χ3n) is 2.65. The summed E-state index contributed by atoms with van der Waals surface area (Å²) in [5.74, 6) is 2.61. The van der Waals surface area contributed by atoms with Crippen molar-refractivity contribution >= 4 is 5.91 Å². The number of carbonyl (C=O) groups excluding carboxylic acids is 1. The van der Waals surface area contributed by atoms with Gasteiger partial charge in [0.1, 0.15) is 0 Å². The predicted octanol–water partition coefficient (Wildman–Crippen LogP) is 1.28. The molecule has 0 radical (unpaired) electrons. The van der Waals surface area contributed by atoms with E-state index < -0.39 is 6.04 Å². The van der Waals surface area contributed by atoms with Crippen molar-refractivity contribution < 1.29 is 4.79 Å². The average molecular weight is 210 g/mol. The molecule has 0 saturated heterocycles. The molecule has 0 fully saturated rings. The lowest BCUT2D eigenvalue weighted by Crippen LogP contribution is -2.47. The van der Waals surface area contributed by atoms with Crippen molar-refractivity contribution in [2.45, 2.75) is 52.1 Å². The van der Waals surface area contributed by atoms with E-state index in [9.17, 15) is 4.79 Å². The summed E-state index contributed by atoms with van der Waals surface area (Å²) in [5.41, 5.74) is 5.79. The molecule has 0 saturated carbocycles. The zero-order valence-corrected chi connectivity index (χ0v) is 9.92. The summed E-state index contributed by atoms with van der Waals surface area (Å²) in [6.07, 6.45) is 7.96. The highest BCUT2D eigenvalue weighted by Crippen LogP contribution is 2.06. The van der Waals surface area contributed by atoms with Crippen molar-refractivity contribution in [1.29, 1.82) is 0 Å². The second kappa shape index (κ2) is 7.30. The third kappa shape index (κ3) is 4.85. The van der Waals surface area contributed by atoms with Crippen LogP contribution in [-0.4, -0.2) is 18.0 Å². The molecule has 15 heavy (non-hydrogen) atoms. The molecule has 0 aromatic carbocycles. The molecule has 0 aliphatic rings. The predicted molar refractivity (Wildman–Crippen MR) is 63.1 cm³/mol. The molecule has 0 rings (SSSR count). The van der Waals surface area contributed by atoms with E-state index in [0.717, 1.165) is 19.3 Å². The Labute approximate surface area is 92.8 Å². The summed E-state index contributed by atoms with van der Waals surface area (Å²) in [6.45, 7) is 6.02. The normalized spacial score (nSPS) is 16.2. The fraction of sp³-hybridized carbons (Fsp3) is 0.750. The van der Waals surface area contributed by atoms with E-state index in [1.807, 2.05) is 20.8 Å². The maximum absolute atomic E-state index is 11.7. The van der Waals surface area contributed by atoms with Crippen molar-refractivity contribution in [1.82, 2.24) is 5.32 Å². The first-order valence-electron chi connectivity index (χ1n) is 5.58. The lowest BCUT2D eigenvalue weighted by atomic mass is 9.99. The van der Waals surface area contributed by atoms with E-state index in [2.05, 4.69) is 11.2 Å². The highest BCUT2D eigenvalue weighted by molar-refractivity contribution is 5.82. The van der Waals surface area contributed by atoms with Crippen molar-refractivity contribution in [3.05, 3.63) is 0 Å². The van der Waals surface area contributed by atoms with Crippen LogP contribution in [0.2, 0.25) is 0 Å². The monoisotopic (exact) mass is 210 g/mol. The van der Waals surface area contributed by atoms with Gasteiger partial charge in [0.15, 0.2) is 0 Å². The van der Waals surface area contributed by atoms with Gasteiger partial charge in [0.25, 0.3) is 0 Å². The van der Waals surface area contributed by atoms with Gasteiger partial charge < -0.3 is 11.1 Å². The van der Waals surface area contributed by atoms with E-state index in [0.29, 0.717) is 0 Å². The lowest BCUT2D eigenvalue weighted by Gasteiger charge is -2.20. The van der Waals surface area contributed by atoms with Crippen LogP contribution in [0, 0.1) is 18.3 Å². The maximum atomic E-state index is 11.7. The minimum atomic E-state index is -0.456. The van der Waals surface area contributed by atoms with Crippen LogP contribution in [0.4, 0.5) is 0 Å². The topological polar surface area (TPSA) is 55.1 Å². The van der Waals surface area contributed by atoms with Crippen LogP contribution in [0.1, 0.15) is 40.0 Å². The van der Waals surface area contributed by atoms with E-state index in [-0.39, 0.29) is 17.9 Å². The molecule has 3 nitrogen and oxygen atoms in total. The molecule has 86 valence electrons. The first-order valence-corrected chi connectivity index (χ1v) is 5.58. The third-order valence-corrected chi connectivity index (χ3v) is 2.65. The highest BCUT2D eigenvalue weighted by Gasteiger charge is 2.20. The van der Waals surface area contributed by atoms with Crippen LogP contribution < -0.4 is 11.1 Å². The molecule has 0 heterocycles. The summed E-state index contributed by atoms with van der Waals surface area (Å²) in [7, 11) is 0. The van der Waals surface area contributed by atoms with Gasteiger partial charge in [-0.05, 0) is 12.3 Å². The molecular weight excluding hydrogens is 188 g/mol. The van der Waals surface area contributed by atoms with Gasteiger partial charge in [-0.2, -0.15) is 0 Å². The second-order valence-corrected chi connectivity index (χ2v) is 3.93. The van der Waals surface area contributed by atoms with Crippen LogP contribution in [0.25, 0.3) is 0 Å². The van der Waals surface area contributed by atoms with Crippen molar-refractivity contribution in [3.8, 4) is 12.3 Å². The molecule has 0 bridgehead atoms. The summed E-state index contributed by atoms with van der Waals surface area (Å²) in [4.78, 5) is 11.7. The molecule has 0 aromatic rings. The number of terminal acetylenes is 1. The Bertz CT molecular complexity index is 232. The number of rotatable bonds is 6. The summed E-state index contributed by atoms with van der Waals surface area (Å²) in [6, 6.07) is -0.639. The molecule has 3 heteroatoms. The van der Waals surface area contributed by atoms with Crippen LogP contribution in [0.3, 0.4) is 0 Å². The Morgan fingerprint density at radius 3 is 2.53 bits per heavy atom. The standard InChI is InChI=1S/C12H22N2O/c1-5-8-10(7-3)14-12(15)11(13)9(4)6-2/h3,9-11H,5-6,8,13H2,1-2,4H3,(H,14,15)/t9?,10?,11-/m0/s1. The molecule has 2 unspecified atom stereocenters. The van der Waals surface area contributed by atoms with E-state index in [1.54, 1.807) is 0 Å². The van der Waals surface area contributed by atoms with E-state index in [1.165, 1.54) is 0 Å². The lowest BCUT2D eigenvalue weighted by molar-refractivity contribution is -0.123. The molecule has 3 N–H and O–H groups in total. The molecule has 3 atom stereocenters. The zero-order valence-electron chi connectivity index (χ0n) is 9.92. The minimum absolute atomic E-state index is 0.138. The Morgan fingerprint density at radius 2 is 2.13 bits per heavy atom. The SMILES string of the molecule is C#CC(CCC)NC(=O)[C@@H](N)C(C)CC. The zero-order chi connectivity index (χ0) is 11.8. The first kappa shape index (κ1) is 14.0. The number of amides is 1. The maximum Gasteiger partial charge on any atom is 0.238 e. The van der Waals surface area contributed by atoms with Gasteiger partial charge in [-0.3, -0.25) is 4.79 Å². The highest BCUT2D eigenvalue weighted by atomic mass is 16.2. The van der Waals surface area contributed by atoms with Crippen LogP contribution in [0.5, 0.6) is 0 Å². The van der Waals surface area contributed by atoms with E-state index >= 15 is 0 Å². The molecule has 0 aliphatic carbocycles. The summed E-state index contributed by atoms with van der Waals surface area (Å²) in [5, 5.41) is 2.78. The van der Waals surface area contributed by atoms with E-state index in [4.69, 9.17) is 12.2 Å². The Morgan fingerprint density at radius 1 is 1.53 bits per heavy atom. The van der Waals surface area contributed by atoms with Crippen molar-refractivity contribution in [2.75, 3.05) is 0 Å². The number of hydrogen-bond donors (Lipinski definition) is 2. The minimum Gasteiger partial charge on any atom is -0.341 e. The van der Waals surface area contributed by atoms with Gasteiger partial charge >= 0.3 is 0 Å². The Balaban J connectivity index is 4.17. The number of nitrogens with one attached hydrogen (secondary N) is 1. The number of carbonyl (C=O) groups is 1. The van der Waals surface area contributed by atoms with Gasteiger partial charge in [-0.1, -0.05) is 39.5 Å². The molecule has 0 aromatic heterocycles. The van der Waals surface area contributed by atoms with Crippen LogP contribution >= 0.6 is 0 Å². The largest absolute Gasteiger partial charge is 0.341 e. The smallest absolute Gasteiger partial charge is 0.238 e. The van der Waals surface area contributed by atoms with Crippen molar-refractivity contribution in [3.63, 3.8) is 0 Å². The Kier molecular flexibility index (Phi) is 6.81. The van der Waals surface area contributed by atoms with Gasteiger partial charge in [0, 0.05) is 0 Å². The molecule has 0 spiro atoms. The summed E-state index contributed by atoms with van der Waals surface area (Å²) < 4.78 is 0. The van der Waals surface area contributed by atoms with Gasteiger partial charge in [0.05, 0.1) is 12.1 Å². The molecule has 0 aliphatic heterocycles. The quantitative estimate of drug-likeness (QED) is 0.649. The number of nitrogens with two attached hydrogens (primary N) is 1. The fourth-order valence-electron chi connectivity index (χ4n) is 1.27. The van der Waals surface area contributed by atoms with Gasteiger partial charge in [-0.25, -0.2) is 0 Å². The fourth-order valence-corrected chi connectivity index (χ4v) is 1.27. The van der Waals surface area contributed by atoms with Crippen LogP contribution in [-0.2, 0) is 4.79 Å². The van der Waals surface area contributed by atoms with Crippen molar-refractivity contribution in [2.24, 2.45) is 11.7 Å². The van der Waals surface area contributed by atoms with Crippen LogP contribution in [0.15, 0.2) is 0 Å². The molecular formula is C12H22N2O. The van der Waals surface area contributed by atoms with Gasteiger partial charge in [-0.15, -0.1) is 6.42 Å². The second-order valence-electron chi connectivity index (χ2n) is 3.93. The number of hydrogen-bond acceptors (Lipinski definition) is 2. The van der Waals surface area contributed by atoms with Gasteiger partial charge in [0.2, 0.25) is 5.91 Å². The Hall–Kier alpha value is -1.01. The molecule has 1 amide bonds.